The van der Waals surface area contributed by atoms with Crippen LogP contribution in [0.2, 0.25) is 0 Å². The summed E-state index contributed by atoms with van der Waals surface area (Å²) in [5.41, 5.74) is 1.60. The van der Waals surface area contributed by atoms with Crippen LogP contribution in [0.5, 0.6) is 0 Å². The van der Waals surface area contributed by atoms with E-state index in [-0.39, 0.29) is 17.4 Å². The Kier molecular flexibility index (Phi) is 6.06. The summed E-state index contributed by atoms with van der Waals surface area (Å²) >= 11 is 0. The Balaban J connectivity index is 1.69. The van der Waals surface area contributed by atoms with E-state index in [0.29, 0.717) is 29.9 Å². The van der Waals surface area contributed by atoms with Gasteiger partial charge in [0.05, 0.1) is 18.4 Å². The number of para-hydroxylation sites is 1. The Morgan fingerprint density at radius 2 is 1.50 bits per heavy atom. The second kappa shape index (κ2) is 8.67. The summed E-state index contributed by atoms with van der Waals surface area (Å²) in [4.78, 5) is 40.9. The first-order valence-electron chi connectivity index (χ1n) is 9.06. The van der Waals surface area contributed by atoms with Gasteiger partial charge in [-0.25, -0.2) is 4.79 Å². The lowest BCUT2D eigenvalue weighted by Crippen LogP contribution is -2.47. The minimum absolute atomic E-state index is 0.0314. The van der Waals surface area contributed by atoms with E-state index in [1.165, 1.54) is 7.11 Å². The third-order valence-electron chi connectivity index (χ3n) is 4.77. The van der Waals surface area contributed by atoms with E-state index >= 15 is 0 Å². The monoisotopic (exact) mass is 381 g/mol. The number of carbonyl (C=O) groups excluding carboxylic acids is 3. The van der Waals surface area contributed by atoms with E-state index in [0.717, 1.165) is 13.1 Å². The molecule has 1 aliphatic heterocycles. The second-order valence-electron chi connectivity index (χ2n) is 6.66. The molecule has 7 nitrogen and oxygen atoms in total. The van der Waals surface area contributed by atoms with Gasteiger partial charge >= 0.3 is 5.97 Å². The fourth-order valence-corrected chi connectivity index (χ4v) is 3.03. The number of amides is 2. The maximum absolute atomic E-state index is 12.6. The van der Waals surface area contributed by atoms with Crippen molar-refractivity contribution < 1.29 is 19.1 Å². The Bertz CT molecular complexity index is 871. The van der Waals surface area contributed by atoms with Gasteiger partial charge in [0.2, 0.25) is 0 Å². The summed E-state index contributed by atoms with van der Waals surface area (Å²) in [5.74, 6) is -0.921. The van der Waals surface area contributed by atoms with Crippen LogP contribution in [0, 0.1) is 0 Å². The van der Waals surface area contributed by atoms with E-state index < -0.39 is 5.97 Å². The first-order valence-corrected chi connectivity index (χ1v) is 9.06. The standard InChI is InChI=1S/C21H23N3O4/c1-23-11-13-24(14-12-23)20(26)16-9-7-15(8-10-16)19(25)22-18-6-4-3-5-17(18)21(27)28-2/h3-10H,11-14H2,1-2H3,(H,22,25). The van der Waals surface area contributed by atoms with E-state index in [9.17, 15) is 14.4 Å². The van der Waals surface area contributed by atoms with Crippen LogP contribution in [0.3, 0.4) is 0 Å². The summed E-state index contributed by atoms with van der Waals surface area (Å²) in [6.45, 7) is 3.10. The predicted molar refractivity (Wildman–Crippen MR) is 106 cm³/mol. The molecule has 0 radical (unpaired) electrons. The molecule has 0 atom stereocenters. The fourth-order valence-electron chi connectivity index (χ4n) is 3.03. The van der Waals surface area contributed by atoms with Crippen LogP contribution in [0.4, 0.5) is 5.69 Å². The van der Waals surface area contributed by atoms with Gasteiger partial charge in [-0.2, -0.15) is 0 Å². The maximum Gasteiger partial charge on any atom is 0.339 e. The molecule has 0 bridgehead atoms. The number of carbonyl (C=O) groups is 3. The molecule has 1 saturated heterocycles. The molecule has 3 rings (SSSR count). The van der Waals surface area contributed by atoms with Crippen LogP contribution < -0.4 is 5.32 Å². The van der Waals surface area contributed by atoms with Crippen LogP contribution in [-0.2, 0) is 4.74 Å². The van der Waals surface area contributed by atoms with Gasteiger partial charge in [0.25, 0.3) is 11.8 Å². The van der Waals surface area contributed by atoms with Crippen LogP contribution in [0.1, 0.15) is 31.1 Å². The van der Waals surface area contributed by atoms with Gasteiger partial charge in [0, 0.05) is 37.3 Å². The molecule has 146 valence electrons. The van der Waals surface area contributed by atoms with Crippen LogP contribution in [-0.4, -0.2) is 67.9 Å². The van der Waals surface area contributed by atoms with Gasteiger partial charge < -0.3 is 19.9 Å². The van der Waals surface area contributed by atoms with Gasteiger partial charge in [-0.3, -0.25) is 9.59 Å². The van der Waals surface area contributed by atoms with E-state index in [1.807, 2.05) is 11.9 Å². The Morgan fingerprint density at radius 1 is 0.893 bits per heavy atom. The normalized spacial score (nSPS) is 14.4. The molecule has 1 aliphatic rings. The number of piperazine rings is 1. The number of ether oxygens (including phenoxy) is 1. The molecule has 28 heavy (non-hydrogen) atoms. The highest BCUT2D eigenvalue weighted by molar-refractivity contribution is 6.08. The van der Waals surface area contributed by atoms with Gasteiger partial charge in [-0.15, -0.1) is 0 Å². The van der Waals surface area contributed by atoms with Crippen molar-refractivity contribution in [3.05, 3.63) is 65.2 Å². The number of esters is 1. The van der Waals surface area contributed by atoms with Crippen LogP contribution in [0.25, 0.3) is 0 Å². The third kappa shape index (κ3) is 4.37. The molecule has 7 heteroatoms. The molecule has 1 heterocycles. The number of anilines is 1. The average molecular weight is 381 g/mol. The number of nitrogens with one attached hydrogen (secondary N) is 1. The van der Waals surface area contributed by atoms with Gasteiger partial charge in [-0.1, -0.05) is 12.1 Å². The summed E-state index contributed by atoms with van der Waals surface area (Å²) in [5, 5.41) is 2.72. The molecule has 2 amide bonds. The largest absolute Gasteiger partial charge is 0.465 e. The summed E-state index contributed by atoms with van der Waals surface area (Å²) in [6.07, 6.45) is 0. The van der Waals surface area contributed by atoms with Crippen molar-refractivity contribution in [3.8, 4) is 0 Å². The van der Waals surface area contributed by atoms with Crippen molar-refractivity contribution in [2.75, 3.05) is 45.7 Å². The Hall–Kier alpha value is -3.19. The maximum atomic E-state index is 12.6. The minimum Gasteiger partial charge on any atom is -0.465 e. The van der Waals surface area contributed by atoms with Crippen LogP contribution in [0.15, 0.2) is 48.5 Å². The van der Waals surface area contributed by atoms with E-state index in [1.54, 1.807) is 48.5 Å². The molecule has 1 N–H and O–H groups in total. The SMILES string of the molecule is COC(=O)c1ccccc1NC(=O)c1ccc(C(=O)N2CCN(C)CC2)cc1. The molecule has 2 aromatic rings. The lowest BCUT2D eigenvalue weighted by atomic mass is 10.1. The van der Waals surface area contributed by atoms with Crippen molar-refractivity contribution in [1.82, 2.24) is 9.80 Å². The molecule has 0 spiro atoms. The van der Waals surface area contributed by atoms with Gasteiger partial charge in [-0.05, 0) is 43.4 Å². The summed E-state index contributed by atoms with van der Waals surface area (Å²) in [7, 11) is 3.32. The van der Waals surface area contributed by atoms with Crippen molar-refractivity contribution in [2.24, 2.45) is 0 Å². The summed E-state index contributed by atoms with van der Waals surface area (Å²) < 4.78 is 4.74. The highest BCUT2D eigenvalue weighted by Crippen LogP contribution is 2.18. The molecule has 0 aliphatic carbocycles. The zero-order valence-electron chi connectivity index (χ0n) is 16.0. The average Bonchev–Trinajstić information content (AvgIpc) is 2.73. The Labute approximate surface area is 163 Å². The highest BCUT2D eigenvalue weighted by Gasteiger charge is 2.21. The molecular formula is C21H23N3O4. The first-order chi connectivity index (χ1) is 13.5. The Morgan fingerprint density at radius 3 is 2.14 bits per heavy atom. The number of hydrogen-bond donors (Lipinski definition) is 1. The minimum atomic E-state index is -0.524. The molecule has 1 fully saturated rings. The van der Waals surface area contributed by atoms with Crippen molar-refractivity contribution in [3.63, 3.8) is 0 Å². The van der Waals surface area contributed by atoms with Crippen molar-refractivity contribution in [1.29, 1.82) is 0 Å². The third-order valence-corrected chi connectivity index (χ3v) is 4.77. The zero-order valence-corrected chi connectivity index (χ0v) is 16.0. The first kappa shape index (κ1) is 19.6. The van der Waals surface area contributed by atoms with Gasteiger partial charge in [0.1, 0.15) is 0 Å². The predicted octanol–water partition coefficient (Wildman–Crippen LogP) is 2.11. The molecule has 0 aromatic heterocycles. The van der Waals surface area contributed by atoms with E-state index in [2.05, 4.69) is 10.2 Å². The number of rotatable bonds is 4. The lowest BCUT2D eigenvalue weighted by molar-refractivity contribution is 0.0601. The topological polar surface area (TPSA) is 78.9 Å². The van der Waals surface area contributed by atoms with E-state index in [4.69, 9.17) is 4.74 Å². The molecule has 2 aromatic carbocycles. The zero-order chi connectivity index (χ0) is 20.1. The molecule has 0 saturated carbocycles. The van der Waals surface area contributed by atoms with Crippen LogP contribution >= 0.6 is 0 Å². The number of methoxy groups -OCH3 is 1. The van der Waals surface area contributed by atoms with Gasteiger partial charge in [0.15, 0.2) is 0 Å². The van der Waals surface area contributed by atoms with Crippen molar-refractivity contribution >= 4 is 23.5 Å². The summed E-state index contributed by atoms with van der Waals surface area (Å²) in [6, 6.07) is 13.2. The lowest BCUT2D eigenvalue weighted by Gasteiger charge is -2.32. The van der Waals surface area contributed by atoms with Crippen molar-refractivity contribution in [2.45, 2.75) is 0 Å². The number of hydrogen-bond acceptors (Lipinski definition) is 5. The second-order valence-corrected chi connectivity index (χ2v) is 6.66. The number of nitrogens with zero attached hydrogens (tertiary/aromatic N) is 2. The number of likely N-dealkylation sites (N-methyl/N-ethyl adjacent to an activating group) is 1. The quantitative estimate of drug-likeness (QED) is 0.821. The number of benzene rings is 2. The molecule has 0 unspecified atom stereocenters. The highest BCUT2D eigenvalue weighted by atomic mass is 16.5. The molecular weight excluding hydrogens is 358 g/mol. The smallest absolute Gasteiger partial charge is 0.339 e. The fraction of sp³-hybridized carbons (Fsp3) is 0.286.